The van der Waals surface area contributed by atoms with Gasteiger partial charge in [-0.05, 0) is 11.6 Å². The quantitative estimate of drug-likeness (QED) is 0.945. The standard InChI is InChI=1S/C12H14BrN3O/c1-7(2)12-15-11(16-17-12)10(14)8-5-3-4-6-9(8)13/h3-7,10H,14H2,1-2H3. The summed E-state index contributed by atoms with van der Waals surface area (Å²) in [6.07, 6.45) is 0. The monoisotopic (exact) mass is 295 g/mol. The summed E-state index contributed by atoms with van der Waals surface area (Å²) in [5, 5.41) is 3.92. The second-order valence-electron chi connectivity index (χ2n) is 4.14. The van der Waals surface area contributed by atoms with Crippen molar-refractivity contribution >= 4 is 15.9 Å². The van der Waals surface area contributed by atoms with E-state index in [4.69, 9.17) is 10.3 Å². The van der Waals surface area contributed by atoms with Crippen LogP contribution in [-0.4, -0.2) is 10.1 Å². The van der Waals surface area contributed by atoms with Crippen molar-refractivity contribution in [3.63, 3.8) is 0 Å². The minimum Gasteiger partial charge on any atom is -0.339 e. The lowest BCUT2D eigenvalue weighted by molar-refractivity contribution is 0.359. The maximum Gasteiger partial charge on any atom is 0.229 e. The Morgan fingerprint density at radius 1 is 1.29 bits per heavy atom. The van der Waals surface area contributed by atoms with Crippen LogP contribution in [0.1, 0.15) is 43.1 Å². The summed E-state index contributed by atoms with van der Waals surface area (Å²) < 4.78 is 6.10. The van der Waals surface area contributed by atoms with Gasteiger partial charge in [0.15, 0.2) is 5.82 Å². The number of nitrogens with two attached hydrogens (primary N) is 1. The SMILES string of the molecule is CC(C)c1nc(C(N)c2ccccc2Br)no1. The van der Waals surface area contributed by atoms with Crippen LogP contribution in [0.4, 0.5) is 0 Å². The molecule has 17 heavy (non-hydrogen) atoms. The summed E-state index contributed by atoms with van der Waals surface area (Å²) in [7, 11) is 0. The minimum absolute atomic E-state index is 0.211. The Balaban J connectivity index is 2.31. The van der Waals surface area contributed by atoms with Crippen LogP contribution in [0.25, 0.3) is 0 Å². The summed E-state index contributed by atoms with van der Waals surface area (Å²) in [6, 6.07) is 7.39. The molecule has 0 spiro atoms. The van der Waals surface area contributed by atoms with Crippen molar-refractivity contribution in [2.24, 2.45) is 5.73 Å². The Hall–Kier alpha value is -1.20. The molecule has 0 aliphatic heterocycles. The zero-order chi connectivity index (χ0) is 12.4. The first kappa shape index (κ1) is 12.3. The Kier molecular flexibility index (Phi) is 3.59. The van der Waals surface area contributed by atoms with Crippen molar-refractivity contribution in [1.82, 2.24) is 10.1 Å². The molecule has 2 aromatic rings. The van der Waals surface area contributed by atoms with Gasteiger partial charge in [-0.15, -0.1) is 0 Å². The lowest BCUT2D eigenvalue weighted by Crippen LogP contribution is -2.14. The predicted octanol–water partition coefficient (Wildman–Crippen LogP) is 3.00. The van der Waals surface area contributed by atoms with E-state index >= 15 is 0 Å². The summed E-state index contributed by atoms with van der Waals surface area (Å²) in [6.45, 7) is 4.00. The van der Waals surface area contributed by atoms with Crippen LogP contribution >= 0.6 is 15.9 Å². The highest BCUT2D eigenvalue weighted by atomic mass is 79.9. The summed E-state index contributed by atoms with van der Waals surface area (Å²) in [4.78, 5) is 4.30. The molecule has 0 aliphatic rings. The van der Waals surface area contributed by atoms with Gasteiger partial charge in [-0.2, -0.15) is 4.98 Å². The maximum absolute atomic E-state index is 6.12. The fourth-order valence-electron chi connectivity index (χ4n) is 1.47. The second kappa shape index (κ2) is 4.98. The summed E-state index contributed by atoms with van der Waals surface area (Å²) in [5.74, 6) is 1.34. The molecule has 0 amide bonds. The normalized spacial score (nSPS) is 13.0. The third-order valence-electron chi connectivity index (χ3n) is 2.47. The number of aromatic nitrogens is 2. The number of benzene rings is 1. The molecule has 2 N–H and O–H groups in total. The van der Waals surface area contributed by atoms with Crippen molar-refractivity contribution in [1.29, 1.82) is 0 Å². The average molecular weight is 296 g/mol. The number of hydrogen-bond acceptors (Lipinski definition) is 4. The largest absolute Gasteiger partial charge is 0.339 e. The van der Waals surface area contributed by atoms with Gasteiger partial charge in [0.1, 0.15) is 0 Å². The molecule has 5 heteroatoms. The molecule has 1 heterocycles. The number of halogens is 1. The maximum atomic E-state index is 6.12. The highest BCUT2D eigenvalue weighted by molar-refractivity contribution is 9.10. The van der Waals surface area contributed by atoms with E-state index in [0.717, 1.165) is 10.0 Å². The van der Waals surface area contributed by atoms with Gasteiger partial charge in [-0.25, -0.2) is 0 Å². The van der Waals surface area contributed by atoms with Crippen LogP contribution in [0.3, 0.4) is 0 Å². The molecule has 90 valence electrons. The van der Waals surface area contributed by atoms with Crippen molar-refractivity contribution in [3.8, 4) is 0 Å². The van der Waals surface area contributed by atoms with Gasteiger partial charge >= 0.3 is 0 Å². The Labute approximate surface area is 108 Å². The molecule has 0 fully saturated rings. The lowest BCUT2D eigenvalue weighted by Gasteiger charge is -2.09. The van der Waals surface area contributed by atoms with E-state index in [9.17, 15) is 0 Å². The number of nitrogens with zero attached hydrogens (tertiary/aromatic N) is 2. The van der Waals surface area contributed by atoms with E-state index in [2.05, 4.69) is 26.1 Å². The molecule has 2 rings (SSSR count). The predicted molar refractivity (Wildman–Crippen MR) is 68.6 cm³/mol. The van der Waals surface area contributed by atoms with E-state index in [1.165, 1.54) is 0 Å². The Bertz CT molecular complexity index is 510. The molecule has 1 aromatic carbocycles. The third kappa shape index (κ3) is 2.56. The first-order valence-corrected chi connectivity index (χ1v) is 6.22. The smallest absolute Gasteiger partial charge is 0.229 e. The van der Waals surface area contributed by atoms with E-state index in [0.29, 0.717) is 11.7 Å². The lowest BCUT2D eigenvalue weighted by atomic mass is 10.1. The van der Waals surface area contributed by atoms with Gasteiger partial charge < -0.3 is 10.3 Å². The Morgan fingerprint density at radius 2 is 2.00 bits per heavy atom. The average Bonchev–Trinajstić information content (AvgIpc) is 2.78. The topological polar surface area (TPSA) is 64.9 Å². The molecule has 0 saturated heterocycles. The minimum atomic E-state index is -0.373. The van der Waals surface area contributed by atoms with Crippen LogP contribution in [0.15, 0.2) is 33.3 Å². The van der Waals surface area contributed by atoms with E-state index in [1.807, 2.05) is 38.1 Å². The highest BCUT2D eigenvalue weighted by Crippen LogP contribution is 2.25. The van der Waals surface area contributed by atoms with Gasteiger partial charge in [0.25, 0.3) is 0 Å². The van der Waals surface area contributed by atoms with Gasteiger partial charge in [-0.1, -0.05) is 53.1 Å². The van der Waals surface area contributed by atoms with Gasteiger partial charge in [0.05, 0.1) is 6.04 Å². The first-order chi connectivity index (χ1) is 8.09. The van der Waals surface area contributed by atoms with Crippen LogP contribution < -0.4 is 5.73 Å². The molecule has 0 saturated carbocycles. The fourth-order valence-corrected chi connectivity index (χ4v) is 2.01. The molecule has 0 radical (unpaired) electrons. The third-order valence-corrected chi connectivity index (χ3v) is 3.19. The zero-order valence-corrected chi connectivity index (χ0v) is 11.3. The van der Waals surface area contributed by atoms with Crippen LogP contribution in [0.2, 0.25) is 0 Å². The molecule has 1 unspecified atom stereocenters. The molecule has 0 bridgehead atoms. The molecule has 0 aliphatic carbocycles. The van der Waals surface area contributed by atoms with Gasteiger partial charge in [-0.3, -0.25) is 0 Å². The molecule has 1 aromatic heterocycles. The van der Waals surface area contributed by atoms with Crippen molar-refractivity contribution in [2.75, 3.05) is 0 Å². The zero-order valence-electron chi connectivity index (χ0n) is 9.72. The summed E-state index contributed by atoms with van der Waals surface area (Å²) in [5.41, 5.74) is 7.06. The van der Waals surface area contributed by atoms with E-state index < -0.39 is 0 Å². The molecular weight excluding hydrogens is 282 g/mol. The number of hydrogen-bond donors (Lipinski definition) is 1. The second-order valence-corrected chi connectivity index (χ2v) is 5.00. The van der Waals surface area contributed by atoms with Gasteiger partial charge in [0, 0.05) is 10.4 Å². The summed E-state index contributed by atoms with van der Waals surface area (Å²) >= 11 is 3.46. The highest BCUT2D eigenvalue weighted by Gasteiger charge is 2.19. The van der Waals surface area contributed by atoms with E-state index in [1.54, 1.807) is 0 Å². The molecule has 4 nitrogen and oxygen atoms in total. The number of rotatable bonds is 3. The molecule has 1 atom stereocenters. The van der Waals surface area contributed by atoms with Crippen molar-refractivity contribution in [2.45, 2.75) is 25.8 Å². The van der Waals surface area contributed by atoms with Crippen molar-refractivity contribution in [3.05, 3.63) is 46.0 Å². The fraction of sp³-hybridized carbons (Fsp3) is 0.333. The van der Waals surface area contributed by atoms with Crippen LogP contribution in [0.5, 0.6) is 0 Å². The van der Waals surface area contributed by atoms with Gasteiger partial charge in [0.2, 0.25) is 5.89 Å². The van der Waals surface area contributed by atoms with E-state index in [-0.39, 0.29) is 12.0 Å². The van der Waals surface area contributed by atoms with Crippen molar-refractivity contribution < 1.29 is 4.52 Å². The van der Waals surface area contributed by atoms with Crippen LogP contribution in [-0.2, 0) is 0 Å². The first-order valence-electron chi connectivity index (χ1n) is 5.43. The Morgan fingerprint density at radius 3 is 2.59 bits per heavy atom. The molecular formula is C12H14BrN3O. The van der Waals surface area contributed by atoms with Crippen LogP contribution in [0, 0.1) is 0 Å².